The molecular weight excluding hydrogens is 358 g/mol. The molecule has 0 radical (unpaired) electrons. The summed E-state index contributed by atoms with van der Waals surface area (Å²) in [5.74, 6) is 1.05. The van der Waals surface area contributed by atoms with Crippen LogP contribution in [-0.2, 0) is 16.0 Å². The van der Waals surface area contributed by atoms with Crippen molar-refractivity contribution >= 4 is 5.78 Å². The van der Waals surface area contributed by atoms with Crippen LogP contribution in [0.5, 0.6) is 0 Å². The lowest BCUT2D eigenvalue weighted by Gasteiger charge is -2.19. The minimum absolute atomic E-state index is 0.146. The maximum absolute atomic E-state index is 11.7. The average molecular weight is 394 g/mol. The van der Waals surface area contributed by atoms with Gasteiger partial charge in [-0.25, -0.2) is 0 Å². The molecule has 1 atom stereocenters. The fraction of sp³-hybridized carbons (Fsp3) is 0.423. The van der Waals surface area contributed by atoms with Gasteiger partial charge in [0, 0.05) is 6.42 Å². The number of allylic oxidation sites excluding steroid dienone is 8. The lowest BCUT2D eigenvalue weighted by molar-refractivity contribution is -0.113. The number of ketones is 1. The first-order valence-electron chi connectivity index (χ1n) is 10.6. The molecule has 0 saturated heterocycles. The zero-order valence-electron chi connectivity index (χ0n) is 18.5. The third kappa shape index (κ3) is 7.51. The van der Waals surface area contributed by atoms with E-state index in [2.05, 4.69) is 48.7 Å². The van der Waals surface area contributed by atoms with Gasteiger partial charge in [-0.15, -0.1) is 0 Å². The molecule has 0 heterocycles. The van der Waals surface area contributed by atoms with Crippen LogP contribution >= 0.6 is 0 Å². The van der Waals surface area contributed by atoms with Crippen LogP contribution in [0.4, 0.5) is 0 Å². The van der Waals surface area contributed by atoms with Crippen LogP contribution in [0.3, 0.4) is 0 Å². The van der Waals surface area contributed by atoms with Gasteiger partial charge in [0.1, 0.15) is 0 Å². The summed E-state index contributed by atoms with van der Waals surface area (Å²) < 4.78 is 6.27. The summed E-state index contributed by atoms with van der Waals surface area (Å²) in [5, 5.41) is 3.22. The summed E-state index contributed by atoms with van der Waals surface area (Å²) in [6.07, 6.45) is 12.0. The zero-order chi connectivity index (χ0) is 21.2. The number of benzene rings is 1. The number of hydrogen-bond acceptors (Lipinski definition) is 3. The quantitative estimate of drug-likeness (QED) is 0.525. The molecule has 1 aliphatic rings. The van der Waals surface area contributed by atoms with Crippen LogP contribution < -0.4 is 5.32 Å². The number of ether oxygens (including phenoxy) is 1. The molecule has 29 heavy (non-hydrogen) atoms. The van der Waals surface area contributed by atoms with Gasteiger partial charge in [-0.2, -0.15) is 0 Å². The molecule has 1 unspecified atom stereocenters. The van der Waals surface area contributed by atoms with Crippen LogP contribution in [0.15, 0.2) is 71.0 Å². The van der Waals surface area contributed by atoms with E-state index in [1.807, 2.05) is 33.0 Å². The van der Waals surface area contributed by atoms with E-state index in [1.54, 1.807) is 6.92 Å². The van der Waals surface area contributed by atoms with Crippen molar-refractivity contribution in [2.24, 2.45) is 0 Å². The lowest BCUT2D eigenvalue weighted by atomic mass is 10.0. The molecule has 1 aromatic rings. The summed E-state index contributed by atoms with van der Waals surface area (Å²) in [5.41, 5.74) is 5.82. The van der Waals surface area contributed by atoms with Crippen molar-refractivity contribution in [1.29, 1.82) is 0 Å². The predicted molar refractivity (Wildman–Crippen MR) is 122 cm³/mol. The Morgan fingerprint density at radius 3 is 2.55 bits per heavy atom. The molecule has 3 nitrogen and oxygen atoms in total. The van der Waals surface area contributed by atoms with E-state index in [4.69, 9.17) is 4.74 Å². The molecule has 1 aromatic carbocycles. The van der Waals surface area contributed by atoms with Crippen molar-refractivity contribution in [3.05, 3.63) is 82.2 Å². The van der Waals surface area contributed by atoms with Crippen LogP contribution in [0.2, 0.25) is 0 Å². The number of carbonyl (C=O) groups is 1. The maximum Gasteiger partial charge on any atom is 0.156 e. The van der Waals surface area contributed by atoms with Gasteiger partial charge < -0.3 is 10.1 Å². The van der Waals surface area contributed by atoms with Gasteiger partial charge >= 0.3 is 0 Å². The average Bonchev–Trinajstić information content (AvgIpc) is 3.13. The van der Waals surface area contributed by atoms with Crippen molar-refractivity contribution in [3.63, 3.8) is 0 Å². The van der Waals surface area contributed by atoms with Crippen molar-refractivity contribution in [3.8, 4) is 0 Å². The van der Waals surface area contributed by atoms with Crippen molar-refractivity contribution in [2.45, 2.75) is 59.5 Å². The molecule has 2 rings (SSSR count). The number of Topliss-reactive ketones (excluding diaryl/α,β-unsaturated/α-hetero) is 1. The number of aryl methyl sites for hydroxylation is 2. The Morgan fingerprint density at radius 1 is 1.21 bits per heavy atom. The normalized spacial score (nSPS) is 18.2. The summed E-state index contributed by atoms with van der Waals surface area (Å²) in [6, 6.07) is 8.74. The smallest absolute Gasteiger partial charge is 0.156 e. The topological polar surface area (TPSA) is 38.3 Å². The highest BCUT2D eigenvalue weighted by atomic mass is 16.5. The fourth-order valence-corrected chi connectivity index (χ4v) is 3.45. The molecule has 0 aliphatic heterocycles. The van der Waals surface area contributed by atoms with E-state index in [0.29, 0.717) is 0 Å². The van der Waals surface area contributed by atoms with Crippen LogP contribution in [0.1, 0.15) is 51.2 Å². The molecule has 0 spiro atoms. The van der Waals surface area contributed by atoms with Crippen molar-refractivity contribution in [1.82, 2.24) is 5.32 Å². The summed E-state index contributed by atoms with van der Waals surface area (Å²) in [6.45, 7) is 8.71. The zero-order valence-corrected chi connectivity index (χ0v) is 18.5. The molecule has 156 valence electrons. The third-order valence-corrected chi connectivity index (χ3v) is 5.32. The van der Waals surface area contributed by atoms with E-state index >= 15 is 0 Å². The van der Waals surface area contributed by atoms with Crippen molar-refractivity contribution in [2.75, 3.05) is 13.6 Å². The number of hydrogen-bond donors (Lipinski definition) is 1. The SMILES string of the molecule is C/C=C1/CC(C(C)=O)=C/C1=C/C=C(\C)OC(CCNC)CCc1ccc(C)cc1. The lowest BCUT2D eigenvalue weighted by Crippen LogP contribution is -2.20. The predicted octanol–water partition coefficient (Wildman–Crippen LogP) is 5.62. The first kappa shape index (κ1) is 22.9. The Bertz CT molecular complexity index is 810. The maximum atomic E-state index is 11.7. The molecule has 0 amide bonds. The van der Waals surface area contributed by atoms with Crippen molar-refractivity contribution < 1.29 is 9.53 Å². The molecule has 0 bridgehead atoms. The molecule has 1 aliphatic carbocycles. The Labute approximate surface area is 176 Å². The highest BCUT2D eigenvalue weighted by Gasteiger charge is 2.17. The summed E-state index contributed by atoms with van der Waals surface area (Å²) in [7, 11) is 1.97. The number of nitrogens with one attached hydrogen (secondary N) is 1. The van der Waals surface area contributed by atoms with Crippen LogP contribution in [0.25, 0.3) is 0 Å². The van der Waals surface area contributed by atoms with E-state index in [1.165, 1.54) is 16.7 Å². The van der Waals surface area contributed by atoms with Crippen LogP contribution in [-0.4, -0.2) is 25.5 Å². The van der Waals surface area contributed by atoms with Gasteiger partial charge in [0.25, 0.3) is 0 Å². The second-order valence-electron chi connectivity index (χ2n) is 7.77. The van der Waals surface area contributed by atoms with E-state index in [9.17, 15) is 4.79 Å². The first-order chi connectivity index (χ1) is 13.9. The number of rotatable bonds is 10. The van der Waals surface area contributed by atoms with E-state index in [-0.39, 0.29) is 11.9 Å². The summed E-state index contributed by atoms with van der Waals surface area (Å²) in [4.78, 5) is 11.7. The Hall–Kier alpha value is -2.39. The van der Waals surface area contributed by atoms with Gasteiger partial charge in [-0.3, -0.25) is 4.79 Å². The molecule has 1 N–H and O–H groups in total. The Balaban J connectivity index is 2.03. The Morgan fingerprint density at radius 2 is 1.93 bits per heavy atom. The summed E-state index contributed by atoms with van der Waals surface area (Å²) >= 11 is 0. The fourth-order valence-electron chi connectivity index (χ4n) is 3.45. The van der Waals surface area contributed by atoms with Gasteiger partial charge in [-0.05, 0) is 95.0 Å². The highest BCUT2D eigenvalue weighted by molar-refractivity contribution is 5.96. The minimum Gasteiger partial charge on any atom is -0.495 e. The van der Waals surface area contributed by atoms with Gasteiger partial charge in [0.05, 0.1) is 11.9 Å². The minimum atomic E-state index is 0.146. The molecule has 3 heteroatoms. The van der Waals surface area contributed by atoms with Gasteiger partial charge in [-0.1, -0.05) is 42.0 Å². The highest BCUT2D eigenvalue weighted by Crippen LogP contribution is 2.30. The number of carbonyl (C=O) groups excluding carboxylic acids is 1. The van der Waals surface area contributed by atoms with Crippen LogP contribution in [0, 0.1) is 6.92 Å². The van der Waals surface area contributed by atoms with Gasteiger partial charge in [0.15, 0.2) is 5.78 Å². The first-order valence-corrected chi connectivity index (χ1v) is 10.6. The standard InChI is InChI=1S/C26H35NO2/c1-6-23-17-25(21(4)28)18-24(23)13-9-20(3)29-26(15-16-27-5)14-12-22-10-7-19(2)8-11-22/h6-11,13,18,26-27H,12,14-17H2,1-5H3/b20-9+,23-6-,24-13-. The van der Waals surface area contributed by atoms with E-state index < -0.39 is 0 Å². The largest absolute Gasteiger partial charge is 0.495 e. The monoisotopic (exact) mass is 393 g/mol. The molecule has 0 fully saturated rings. The van der Waals surface area contributed by atoms with E-state index in [0.717, 1.165) is 49.1 Å². The van der Waals surface area contributed by atoms with Gasteiger partial charge in [0.2, 0.25) is 0 Å². The molecule has 0 aromatic heterocycles. The Kier molecular flexibility index (Phi) is 9.14. The molecular formula is C26H35NO2. The second kappa shape index (κ2) is 11.6. The second-order valence-corrected chi connectivity index (χ2v) is 7.77. The third-order valence-electron chi connectivity index (χ3n) is 5.32. The molecule has 0 saturated carbocycles.